The molecule has 0 radical (unpaired) electrons. The predicted octanol–water partition coefficient (Wildman–Crippen LogP) is 0.893. The third-order valence-corrected chi connectivity index (χ3v) is 1.55. The zero-order valence-electron chi connectivity index (χ0n) is 8.59. The van der Waals surface area contributed by atoms with E-state index in [1.165, 1.54) is 0 Å². The summed E-state index contributed by atoms with van der Waals surface area (Å²) in [6.45, 7) is 6.54. The number of nitrogens with one attached hydrogen (secondary N) is 1. The van der Waals surface area contributed by atoms with Gasteiger partial charge in [-0.25, -0.2) is 0 Å². The fraction of sp³-hybridized carbons (Fsp3) is 1.00. The Morgan fingerprint density at radius 2 is 1.83 bits per heavy atom. The lowest BCUT2D eigenvalue weighted by Gasteiger charge is -2.15. The lowest BCUT2D eigenvalue weighted by atomic mass is 10.2. The number of rotatable bonds is 7. The van der Waals surface area contributed by atoms with Gasteiger partial charge in [0.15, 0.2) is 0 Å². The molecule has 74 valence electrons. The van der Waals surface area contributed by atoms with Crippen molar-refractivity contribution >= 4 is 0 Å². The highest BCUT2D eigenvalue weighted by molar-refractivity contribution is 4.61. The number of likely N-dealkylation sites (N-methyl/N-ethyl adjacent to an activating group) is 1. The fourth-order valence-electron chi connectivity index (χ4n) is 0.862. The molecule has 0 aliphatic carbocycles. The normalized spacial score (nSPS) is 13.8. The minimum atomic E-state index is 0.314. The van der Waals surface area contributed by atoms with Gasteiger partial charge in [0, 0.05) is 13.7 Å². The summed E-state index contributed by atoms with van der Waals surface area (Å²) in [6, 6.07) is 0.314. The topological polar surface area (TPSA) is 30.5 Å². The number of methoxy groups -OCH3 is 1. The summed E-state index contributed by atoms with van der Waals surface area (Å²) in [5.74, 6) is 0.602. The number of ether oxygens (including phenoxy) is 2. The summed E-state index contributed by atoms with van der Waals surface area (Å²) < 4.78 is 10.5. The summed E-state index contributed by atoms with van der Waals surface area (Å²) in [4.78, 5) is 0. The van der Waals surface area contributed by atoms with E-state index in [1.54, 1.807) is 7.11 Å². The fourth-order valence-corrected chi connectivity index (χ4v) is 0.862. The average molecular weight is 175 g/mol. The van der Waals surface area contributed by atoms with Crippen LogP contribution in [0.5, 0.6) is 0 Å². The Bertz CT molecular complexity index is 96.5. The molecule has 0 bridgehead atoms. The van der Waals surface area contributed by atoms with Crippen molar-refractivity contribution in [3.8, 4) is 0 Å². The van der Waals surface area contributed by atoms with Crippen LogP contribution in [0.4, 0.5) is 0 Å². The molecule has 0 spiro atoms. The van der Waals surface area contributed by atoms with Gasteiger partial charge in [0.05, 0.1) is 19.3 Å². The lowest BCUT2D eigenvalue weighted by molar-refractivity contribution is 0.0635. The van der Waals surface area contributed by atoms with Crippen LogP contribution in [0, 0.1) is 5.92 Å². The summed E-state index contributed by atoms with van der Waals surface area (Å²) in [6.07, 6.45) is 0. The van der Waals surface area contributed by atoms with E-state index in [4.69, 9.17) is 9.47 Å². The van der Waals surface area contributed by atoms with Gasteiger partial charge >= 0.3 is 0 Å². The summed E-state index contributed by atoms with van der Waals surface area (Å²) in [5.41, 5.74) is 0. The third kappa shape index (κ3) is 6.58. The lowest BCUT2D eigenvalue weighted by Crippen LogP contribution is -2.35. The average Bonchev–Trinajstić information content (AvgIpc) is 2.02. The Kier molecular flexibility index (Phi) is 7.45. The largest absolute Gasteiger partial charge is 0.383 e. The number of hydrogen-bond donors (Lipinski definition) is 1. The van der Waals surface area contributed by atoms with Gasteiger partial charge in [0.2, 0.25) is 0 Å². The second-order valence-electron chi connectivity index (χ2n) is 3.37. The van der Waals surface area contributed by atoms with Crippen LogP contribution in [0.15, 0.2) is 0 Å². The van der Waals surface area contributed by atoms with Crippen LogP contribution < -0.4 is 5.32 Å². The van der Waals surface area contributed by atoms with Crippen molar-refractivity contribution in [1.82, 2.24) is 5.32 Å². The van der Waals surface area contributed by atoms with Crippen molar-refractivity contribution in [3.05, 3.63) is 0 Å². The van der Waals surface area contributed by atoms with E-state index >= 15 is 0 Å². The molecule has 1 N–H and O–H groups in total. The molecule has 3 nitrogen and oxygen atoms in total. The quantitative estimate of drug-likeness (QED) is 0.623. The molecule has 0 rings (SSSR count). The summed E-state index contributed by atoms with van der Waals surface area (Å²) in [7, 11) is 3.62. The molecule has 0 amide bonds. The highest BCUT2D eigenvalue weighted by Crippen LogP contribution is 1.94. The maximum Gasteiger partial charge on any atom is 0.0642 e. The Labute approximate surface area is 75.4 Å². The maximum absolute atomic E-state index is 5.46. The van der Waals surface area contributed by atoms with E-state index in [0.717, 1.165) is 13.2 Å². The smallest absolute Gasteiger partial charge is 0.0642 e. The second kappa shape index (κ2) is 7.53. The monoisotopic (exact) mass is 175 g/mol. The standard InChI is InChI=1S/C9H21NO2/c1-8(2)5-12-7-9(10-3)6-11-4/h8-10H,5-7H2,1-4H3. The summed E-state index contributed by atoms with van der Waals surface area (Å²) in [5, 5.41) is 3.13. The van der Waals surface area contributed by atoms with E-state index in [0.29, 0.717) is 18.6 Å². The molecule has 3 heteroatoms. The summed E-state index contributed by atoms with van der Waals surface area (Å²) >= 11 is 0. The molecule has 0 aliphatic rings. The van der Waals surface area contributed by atoms with Gasteiger partial charge < -0.3 is 14.8 Å². The first kappa shape index (κ1) is 11.9. The first-order valence-electron chi connectivity index (χ1n) is 4.44. The molecule has 0 aliphatic heterocycles. The maximum atomic E-state index is 5.46. The van der Waals surface area contributed by atoms with Crippen LogP contribution in [0.1, 0.15) is 13.8 Å². The van der Waals surface area contributed by atoms with E-state index in [2.05, 4.69) is 19.2 Å². The minimum absolute atomic E-state index is 0.314. The van der Waals surface area contributed by atoms with E-state index in [9.17, 15) is 0 Å². The van der Waals surface area contributed by atoms with Gasteiger partial charge in [-0.3, -0.25) is 0 Å². The molecule has 0 saturated heterocycles. The van der Waals surface area contributed by atoms with E-state index in [1.807, 2.05) is 7.05 Å². The van der Waals surface area contributed by atoms with Crippen molar-refractivity contribution in [1.29, 1.82) is 0 Å². The van der Waals surface area contributed by atoms with Gasteiger partial charge in [-0.15, -0.1) is 0 Å². The van der Waals surface area contributed by atoms with Gasteiger partial charge in [0.1, 0.15) is 0 Å². The molecule has 12 heavy (non-hydrogen) atoms. The van der Waals surface area contributed by atoms with Crippen molar-refractivity contribution < 1.29 is 9.47 Å². The van der Waals surface area contributed by atoms with Crippen molar-refractivity contribution in [2.24, 2.45) is 5.92 Å². The molecule has 0 heterocycles. The molecule has 1 atom stereocenters. The van der Waals surface area contributed by atoms with Crippen molar-refractivity contribution in [2.45, 2.75) is 19.9 Å². The predicted molar refractivity (Wildman–Crippen MR) is 50.4 cm³/mol. The van der Waals surface area contributed by atoms with Crippen LogP contribution in [-0.4, -0.2) is 40.0 Å². The van der Waals surface area contributed by atoms with E-state index < -0.39 is 0 Å². The second-order valence-corrected chi connectivity index (χ2v) is 3.37. The highest BCUT2D eigenvalue weighted by atomic mass is 16.5. The first-order valence-corrected chi connectivity index (χ1v) is 4.44. The van der Waals surface area contributed by atoms with Crippen molar-refractivity contribution in [3.63, 3.8) is 0 Å². The molecule has 1 unspecified atom stereocenters. The molecule has 0 aromatic heterocycles. The Hall–Kier alpha value is -0.120. The SMILES string of the molecule is CNC(COC)COCC(C)C. The Balaban J connectivity index is 3.31. The van der Waals surface area contributed by atoms with Gasteiger partial charge in [-0.1, -0.05) is 13.8 Å². The zero-order chi connectivity index (χ0) is 9.40. The van der Waals surface area contributed by atoms with Crippen molar-refractivity contribution in [2.75, 3.05) is 34.0 Å². The van der Waals surface area contributed by atoms with Gasteiger partial charge in [-0.05, 0) is 13.0 Å². The zero-order valence-corrected chi connectivity index (χ0v) is 8.59. The van der Waals surface area contributed by atoms with Crippen LogP contribution in [0.3, 0.4) is 0 Å². The highest BCUT2D eigenvalue weighted by Gasteiger charge is 2.05. The Morgan fingerprint density at radius 1 is 1.17 bits per heavy atom. The molecule has 0 saturated carbocycles. The van der Waals surface area contributed by atoms with Crippen LogP contribution in [0.2, 0.25) is 0 Å². The van der Waals surface area contributed by atoms with Crippen LogP contribution >= 0.6 is 0 Å². The molecule has 0 fully saturated rings. The molecule has 0 aromatic rings. The molecular weight excluding hydrogens is 154 g/mol. The number of hydrogen-bond acceptors (Lipinski definition) is 3. The first-order chi connectivity index (χ1) is 5.70. The van der Waals surface area contributed by atoms with Crippen LogP contribution in [-0.2, 0) is 9.47 Å². The third-order valence-electron chi connectivity index (χ3n) is 1.55. The molecule has 0 aromatic carbocycles. The van der Waals surface area contributed by atoms with Gasteiger partial charge in [0.25, 0.3) is 0 Å². The minimum Gasteiger partial charge on any atom is -0.383 e. The van der Waals surface area contributed by atoms with Gasteiger partial charge in [-0.2, -0.15) is 0 Å². The Morgan fingerprint density at radius 3 is 2.25 bits per heavy atom. The van der Waals surface area contributed by atoms with E-state index in [-0.39, 0.29) is 0 Å². The molecular formula is C9H21NO2. The van der Waals surface area contributed by atoms with Crippen LogP contribution in [0.25, 0.3) is 0 Å².